The Morgan fingerprint density at radius 2 is 1.62 bits per heavy atom. The summed E-state index contributed by atoms with van der Waals surface area (Å²) < 4.78 is 15.6. The monoisotopic (exact) mass is 399 g/mol. The van der Waals surface area contributed by atoms with E-state index >= 15 is 0 Å². The van der Waals surface area contributed by atoms with Gasteiger partial charge in [-0.15, -0.1) is 0 Å². The highest BCUT2D eigenvalue weighted by Gasteiger charge is 2.18. The van der Waals surface area contributed by atoms with Gasteiger partial charge in [0.1, 0.15) is 0 Å². The van der Waals surface area contributed by atoms with Crippen LogP contribution in [0.4, 0.5) is 5.69 Å². The summed E-state index contributed by atoms with van der Waals surface area (Å²) in [5.41, 5.74) is 1.97. The van der Waals surface area contributed by atoms with Crippen LogP contribution >= 0.6 is 0 Å². The molecule has 7 nitrogen and oxygen atoms in total. The number of methoxy groups -OCH3 is 2. The van der Waals surface area contributed by atoms with Gasteiger partial charge < -0.3 is 19.5 Å². The molecule has 0 fully saturated rings. The van der Waals surface area contributed by atoms with Crippen LogP contribution in [0.3, 0.4) is 0 Å². The quantitative estimate of drug-likeness (QED) is 0.513. The van der Waals surface area contributed by atoms with Gasteiger partial charge in [0.2, 0.25) is 0 Å². The van der Waals surface area contributed by atoms with Crippen LogP contribution in [-0.4, -0.2) is 38.0 Å². The van der Waals surface area contributed by atoms with Gasteiger partial charge in [0.15, 0.2) is 23.4 Å². The molecule has 7 heteroatoms. The average molecular weight is 399 g/mol. The van der Waals surface area contributed by atoms with Crippen LogP contribution in [0, 0.1) is 0 Å². The van der Waals surface area contributed by atoms with Crippen LogP contribution in [0.5, 0.6) is 11.5 Å². The van der Waals surface area contributed by atoms with E-state index in [-0.39, 0.29) is 12.2 Å². The molecule has 1 amide bonds. The number of aryl methyl sites for hydroxylation is 1. The normalized spacial score (nSPS) is 11.3. The summed E-state index contributed by atoms with van der Waals surface area (Å²) in [5, 5.41) is 2.66. The Balaban J connectivity index is 1.85. The minimum atomic E-state index is -0.944. The molecule has 0 heterocycles. The molecule has 0 aliphatic rings. The maximum absolute atomic E-state index is 12.2. The van der Waals surface area contributed by atoms with Gasteiger partial charge in [-0.2, -0.15) is 0 Å². The highest BCUT2D eigenvalue weighted by atomic mass is 16.5. The number of Topliss-reactive ketones (excluding diaryl/α,β-unsaturated/α-hetero) is 1. The van der Waals surface area contributed by atoms with E-state index in [1.54, 1.807) is 50.6 Å². The van der Waals surface area contributed by atoms with E-state index in [9.17, 15) is 14.4 Å². The van der Waals surface area contributed by atoms with Crippen molar-refractivity contribution in [2.75, 3.05) is 19.5 Å². The predicted molar refractivity (Wildman–Crippen MR) is 108 cm³/mol. The summed E-state index contributed by atoms with van der Waals surface area (Å²) in [6.07, 6.45) is -0.374. The molecule has 1 N–H and O–H groups in total. The number of anilines is 1. The van der Waals surface area contributed by atoms with Crippen molar-refractivity contribution < 1.29 is 28.6 Å². The van der Waals surface area contributed by atoms with E-state index in [1.165, 1.54) is 13.8 Å². The first-order chi connectivity index (χ1) is 13.8. The summed E-state index contributed by atoms with van der Waals surface area (Å²) >= 11 is 0. The smallest absolute Gasteiger partial charge is 0.306 e. The van der Waals surface area contributed by atoms with Crippen molar-refractivity contribution in [1.82, 2.24) is 0 Å². The lowest BCUT2D eigenvalue weighted by atomic mass is 10.1. The van der Waals surface area contributed by atoms with Gasteiger partial charge in [-0.1, -0.05) is 6.07 Å². The Bertz CT molecular complexity index is 875. The number of carbonyl (C=O) groups excluding carboxylic acids is 3. The molecule has 0 spiro atoms. The minimum Gasteiger partial charge on any atom is -0.493 e. The number of ether oxygens (including phenoxy) is 3. The maximum atomic E-state index is 12.2. The molecule has 0 saturated heterocycles. The molecule has 154 valence electrons. The minimum absolute atomic E-state index is 0.0559. The molecule has 0 aliphatic carbocycles. The Labute approximate surface area is 170 Å². The number of nitrogens with one attached hydrogen (secondary N) is 1. The maximum Gasteiger partial charge on any atom is 0.306 e. The highest BCUT2D eigenvalue weighted by molar-refractivity contribution is 5.97. The molecule has 2 aromatic rings. The lowest BCUT2D eigenvalue weighted by Crippen LogP contribution is -2.30. The third kappa shape index (κ3) is 6.34. The molecule has 0 bridgehead atoms. The van der Waals surface area contributed by atoms with Gasteiger partial charge in [-0.05, 0) is 62.2 Å². The molecule has 0 aromatic heterocycles. The molecule has 1 unspecified atom stereocenters. The zero-order valence-electron chi connectivity index (χ0n) is 17.0. The van der Waals surface area contributed by atoms with E-state index in [1.807, 2.05) is 6.07 Å². The third-order valence-corrected chi connectivity index (χ3v) is 4.30. The largest absolute Gasteiger partial charge is 0.493 e. The summed E-state index contributed by atoms with van der Waals surface area (Å²) in [5.74, 6) is 0.219. The molecule has 2 aromatic carbocycles. The number of rotatable bonds is 9. The van der Waals surface area contributed by atoms with Gasteiger partial charge in [0.05, 0.1) is 14.2 Å². The van der Waals surface area contributed by atoms with Crippen molar-refractivity contribution in [3.8, 4) is 11.5 Å². The van der Waals surface area contributed by atoms with Crippen molar-refractivity contribution in [2.24, 2.45) is 0 Å². The Kier molecular flexibility index (Phi) is 7.77. The standard InChI is InChI=1S/C22H25NO6/c1-14(24)17-7-9-18(10-8-17)23-22(26)15(2)29-21(25)12-6-16-5-11-19(27-3)20(13-16)28-4/h5,7-11,13,15H,6,12H2,1-4H3,(H,23,26). The van der Waals surface area contributed by atoms with Crippen molar-refractivity contribution in [1.29, 1.82) is 0 Å². The van der Waals surface area contributed by atoms with Gasteiger partial charge in [-0.3, -0.25) is 14.4 Å². The number of hydrogen-bond acceptors (Lipinski definition) is 6. The molecular weight excluding hydrogens is 374 g/mol. The first-order valence-corrected chi connectivity index (χ1v) is 9.16. The van der Waals surface area contributed by atoms with Crippen molar-refractivity contribution in [3.63, 3.8) is 0 Å². The predicted octanol–water partition coefficient (Wildman–Crippen LogP) is 3.41. The van der Waals surface area contributed by atoms with Crippen LogP contribution in [0.25, 0.3) is 0 Å². The first kappa shape index (κ1) is 21.9. The number of benzene rings is 2. The molecule has 29 heavy (non-hydrogen) atoms. The zero-order valence-corrected chi connectivity index (χ0v) is 17.0. The zero-order chi connectivity index (χ0) is 21.4. The van der Waals surface area contributed by atoms with Crippen LogP contribution in [0.1, 0.15) is 36.2 Å². The van der Waals surface area contributed by atoms with Gasteiger partial charge >= 0.3 is 5.97 Å². The second kappa shape index (κ2) is 10.3. The number of hydrogen-bond donors (Lipinski definition) is 1. The van der Waals surface area contributed by atoms with E-state index in [0.29, 0.717) is 29.2 Å². The summed E-state index contributed by atoms with van der Waals surface area (Å²) in [4.78, 5) is 35.6. The lowest BCUT2D eigenvalue weighted by molar-refractivity contribution is -0.153. The second-order valence-corrected chi connectivity index (χ2v) is 6.44. The Hall–Kier alpha value is -3.35. The SMILES string of the molecule is COc1ccc(CCC(=O)OC(C)C(=O)Nc2ccc(C(C)=O)cc2)cc1OC. The van der Waals surface area contributed by atoms with E-state index in [0.717, 1.165) is 5.56 Å². The molecule has 0 aliphatic heterocycles. The van der Waals surface area contributed by atoms with E-state index in [2.05, 4.69) is 5.32 Å². The number of carbonyl (C=O) groups is 3. The van der Waals surface area contributed by atoms with Crippen molar-refractivity contribution in [2.45, 2.75) is 32.8 Å². The second-order valence-electron chi connectivity index (χ2n) is 6.44. The van der Waals surface area contributed by atoms with Crippen LogP contribution in [0.15, 0.2) is 42.5 Å². The molecular formula is C22H25NO6. The summed E-state index contributed by atoms with van der Waals surface area (Å²) in [6, 6.07) is 11.9. The van der Waals surface area contributed by atoms with Gasteiger partial charge in [0, 0.05) is 17.7 Å². The van der Waals surface area contributed by atoms with Crippen molar-refractivity contribution in [3.05, 3.63) is 53.6 Å². The Morgan fingerprint density at radius 1 is 0.966 bits per heavy atom. The molecule has 2 rings (SSSR count). The fraction of sp³-hybridized carbons (Fsp3) is 0.318. The summed E-state index contributed by atoms with van der Waals surface area (Å²) in [7, 11) is 3.10. The fourth-order valence-corrected chi connectivity index (χ4v) is 2.62. The van der Waals surface area contributed by atoms with Gasteiger partial charge in [-0.25, -0.2) is 0 Å². The topological polar surface area (TPSA) is 90.9 Å². The van der Waals surface area contributed by atoms with E-state index < -0.39 is 18.0 Å². The van der Waals surface area contributed by atoms with Crippen molar-refractivity contribution >= 4 is 23.3 Å². The van der Waals surface area contributed by atoms with Crippen LogP contribution in [0.2, 0.25) is 0 Å². The van der Waals surface area contributed by atoms with Crippen LogP contribution < -0.4 is 14.8 Å². The average Bonchev–Trinajstić information content (AvgIpc) is 2.72. The third-order valence-electron chi connectivity index (χ3n) is 4.30. The molecule has 1 atom stereocenters. The lowest BCUT2D eigenvalue weighted by Gasteiger charge is -2.14. The van der Waals surface area contributed by atoms with Gasteiger partial charge in [0.25, 0.3) is 5.91 Å². The highest BCUT2D eigenvalue weighted by Crippen LogP contribution is 2.28. The van der Waals surface area contributed by atoms with Crippen LogP contribution in [-0.2, 0) is 20.7 Å². The van der Waals surface area contributed by atoms with E-state index in [4.69, 9.17) is 14.2 Å². The molecule has 0 saturated carbocycles. The number of ketones is 1. The molecule has 0 radical (unpaired) electrons. The fourth-order valence-electron chi connectivity index (χ4n) is 2.62. The summed E-state index contributed by atoms with van der Waals surface area (Å²) in [6.45, 7) is 2.98. The first-order valence-electron chi connectivity index (χ1n) is 9.16. The number of amides is 1. The number of esters is 1. The Morgan fingerprint density at radius 3 is 2.21 bits per heavy atom.